The van der Waals surface area contributed by atoms with Crippen LogP contribution in [0.1, 0.15) is 12.5 Å². The number of phenolic OH excluding ortho intramolecular Hbond substituents is 1. The third-order valence-corrected chi connectivity index (χ3v) is 1.73. The number of aromatic hydroxyl groups is 1. The van der Waals surface area contributed by atoms with E-state index in [-0.39, 0.29) is 12.4 Å². The normalized spacial score (nSPS) is 9.29. The molecule has 1 rings (SSSR count). The maximum atomic E-state index is 9.44. The molecule has 0 saturated heterocycles. The summed E-state index contributed by atoms with van der Waals surface area (Å²) in [5, 5.41) is 12.4. The van der Waals surface area contributed by atoms with E-state index < -0.39 is 0 Å². The fourth-order valence-corrected chi connectivity index (χ4v) is 1.15. The van der Waals surface area contributed by atoms with E-state index in [1.807, 2.05) is 20.0 Å². The Bertz CT molecular complexity index is 279. The molecule has 2 N–H and O–H groups in total. The van der Waals surface area contributed by atoms with Gasteiger partial charge in [0, 0.05) is 12.1 Å². The van der Waals surface area contributed by atoms with Gasteiger partial charge in [0.2, 0.25) is 0 Å². The zero-order valence-corrected chi connectivity index (χ0v) is 9.23. The number of hydrogen-bond donors (Lipinski definition) is 2. The van der Waals surface area contributed by atoms with Gasteiger partial charge in [0.15, 0.2) is 0 Å². The maximum absolute atomic E-state index is 9.44. The van der Waals surface area contributed by atoms with Crippen molar-refractivity contribution in [3.63, 3.8) is 0 Å². The minimum Gasteiger partial charge on any atom is -0.508 e. The molecule has 4 heteroatoms. The fourth-order valence-electron chi connectivity index (χ4n) is 1.15. The molecule has 0 bridgehead atoms. The lowest BCUT2D eigenvalue weighted by Gasteiger charge is -2.07. The van der Waals surface area contributed by atoms with Crippen LogP contribution >= 0.6 is 12.4 Å². The maximum Gasteiger partial charge on any atom is 0.120 e. The molecule has 0 amide bonds. The largest absolute Gasteiger partial charge is 0.508 e. The Morgan fingerprint density at radius 3 is 2.71 bits per heavy atom. The summed E-state index contributed by atoms with van der Waals surface area (Å²) in [5.74, 6) is 1.10. The average molecular weight is 218 g/mol. The number of rotatable bonds is 4. The summed E-state index contributed by atoms with van der Waals surface area (Å²) in [7, 11) is 1.84. The van der Waals surface area contributed by atoms with E-state index in [1.165, 1.54) is 0 Å². The van der Waals surface area contributed by atoms with Crippen molar-refractivity contribution in [2.45, 2.75) is 13.5 Å². The zero-order chi connectivity index (χ0) is 9.68. The Labute approximate surface area is 90.5 Å². The second kappa shape index (κ2) is 6.51. The number of phenols is 1. The minimum atomic E-state index is 0. The quantitative estimate of drug-likeness (QED) is 0.810. The van der Waals surface area contributed by atoms with Crippen LogP contribution < -0.4 is 10.1 Å². The third kappa shape index (κ3) is 3.44. The predicted octanol–water partition coefficient (Wildman–Crippen LogP) is 1.93. The van der Waals surface area contributed by atoms with E-state index in [2.05, 4.69) is 5.32 Å². The molecule has 0 radical (unpaired) electrons. The molecule has 14 heavy (non-hydrogen) atoms. The number of halogens is 1. The zero-order valence-electron chi connectivity index (χ0n) is 8.41. The van der Waals surface area contributed by atoms with Crippen LogP contribution in [-0.2, 0) is 6.54 Å². The molecule has 3 nitrogen and oxygen atoms in total. The van der Waals surface area contributed by atoms with Crippen LogP contribution in [0, 0.1) is 0 Å². The van der Waals surface area contributed by atoms with Crippen molar-refractivity contribution in [2.75, 3.05) is 13.7 Å². The topological polar surface area (TPSA) is 41.5 Å². The Kier molecular flexibility index (Phi) is 6.08. The van der Waals surface area contributed by atoms with Crippen LogP contribution in [0.25, 0.3) is 0 Å². The highest BCUT2D eigenvalue weighted by atomic mass is 35.5. The van der Waals surface area contributed by atoms with Gasteiger partial charge in [-0.25, -0.2) is 0 Å². The van der Waals surface area contributed by atoms with Crippen LogP contribution in [0.5, 0.6) is 11.5 Å². The molecule has 0 fully saturated rings. The molecule has 0 saturated carbocycles. The van der Waals surface area contributed by atoms with E-state index in [1.54, 1.807) is 12.1 Å². The lowest BCUT2D eigenvalue weighted by Crippen LogP contribution is -2.05. The predicted molar refractivity (Wildman–Crippen MR) is 59.3 cm³/mol. The smallest absolute Gasteiger partial charge is 0.120 e. The average Bonchev–Trinajstić information content (AvgIpc) is 2.12. The van der Waals surface area contributed by atoms with Gasteiger partial charge in [0.25, 0.3) is 0 Å². The molecule has 1 aromatic carbocycles. The van der Waals surface area contributed by atoms with Gasteiger partial charge in [-0.15, -0.1) is 12.4 Å². The van der Waals surface area contributed by atoms with E-state index in [9.17, 15) is 5.11 Å². The molecule has 0 unspecified atom stereocenters. The van der Waals surface area contributed by atoms with Crippen molar-refractivity contribution in [1.82, 2.24) is 5.32 Å². The lowest BCUT2D eigenvalue weighted by atomic mass is 10.2. The molecule has 1 aromatic rings. The van der Waals surface area contributed by atoms with Crippen LogP contribution in [0.3, 0.4) is 0 Å². The summed E-state index contributed by atoms with van der Waals surface area (Å²) in [5.41, 5.74) is 0.855. The van der Waals surface area contributed by atoms with Crippen molar-refractivity contribution in [1.29, 1.82) is 0 Å². The Hall–Kier alpha value is -0.930. The van der Waals surface area contributed by atoms with Gasteiger partial charge in [-0.1, -0.05) is 0 Å². The Morgan fingerprint density at radius 1 is 1.43 bits per heavy atom. The molecule has 0 aliphatic heterocycles. The van der Waals surface area contributed by atoms with Crippen molar-refractivity contribution >= 4 is 12.4 Å². The summed E-state index contributed by atoms with van der Waals surface area (Å²) in [6.07, 6.45) is 0. The first-order valence-electron chi connectivity index (χ1n) is 4.37. The van der Waals surface area contributed by atoms with E-state index in [4.69, 9.17) is 4.74 Å². The van der Waals surface area contributed by atoms with Gasteiger partial charge in [-0.3, -0.25) is 0 Å². The molecular weight excluding hydrogens is 202 g/mol. The minimum absolute atomic E-state index is 0. The van der Waals surface area contributed by atoms with E-state index in [0.29, 0.717) is 18.9 Å². The number of hydrogen-bond acceptors (Lipinski definition) is 3. The van der Waals surface area contributed by atoms with Gasteiger partial charge in [-0.2, -0.15) is 0 Å². The summed E-state index contributed by atoms with van der Waals surface area (Å²) in [4.78, 5) is 0. The van der Waals surface area contributed by atoms with E-state index >= 15 is 0 Å². The van der Waals surface area contributed by atoms with Crippen LogP contribution in [0.4, 0.5) is 0 Å². The van der Waals surface area contributed by atoms with Crippen molar-refractivity contribution in [3.05, 3.63) is 23.8 Å². The van der Waals surface area contributed by atoms with Crippen LogP contribution in [0.15, 0.2) is 18.2 Å². The van der Waals surface area contributed by atoms with Gasteiger partial charge >= 0.3 is 0 Å². The molecule has 0 aliphatic carbocycles. The standard InChI is InChI=1S/C10H15NO2.ClH/c1-3-13-9-4-5-10(12)8(6-9)7-11-2;/h4-6,11-12H,3,7H2,1-2H3;1H. The first-order chi connectivity index (χ1) is 6.27. The summed E-state index contributed by atoms with van der Waals surface area (Å²) in [6.45, 7) is 3.22. The molecule has 0 atom stereocenters. The van der Waals surface area contributed by atoms with Gasteiger partial charge in [0.1, 0.15) is 11.5 Å². The number of nitrogens with one attached hydrogen (secondary N) is 1. The number of benzene rings is 1. The third-order valence-electron chi connectivity index (χ3n) is 1.73. The summed E-state index contributed by atoms with van der Waals surface area (Å²) < 4.78 is 5.31. The van der Waals surface area contributed by atoms with Crippen molar-refractivity contribution in [2.24, 2.45) is 0 Å². The molecular formula is C10H16ClNO2. The summed E-state index contributed by atoms with van der Waals surface area (Å²) in [6, 6.07) is 5.25. The lowest BCUT2D eigenvalue weighted by molar-refractivity contribution is 0.338. The molecule has 0 spiro atoms. The van der Waals surface area contributed by atoms with Gasteiger partial charge < -0.3 is 15.2 Å². The van der Waals surface area contributed by atoms with Crippen molar-refractivity contribution in [3.8, 4) is 11.5 Å². The van der Waals surface area contributed by atoms with Gasteiger partial charge in [0.05, 0.1) is 6.61 Å². The summed E-state index contributed by atoms with van der Waals surface area (Å²) >= 11 is 0. The van der Waals surface area contributed by atoms with Crippen LogP contribution in [-0.4, -0.2) is 18.8 Å². The van der Waals surface area contributed by atoms with E-state index in [0.717, 1.165) is 11.3 Å². The SMILES string of the molecule is CCOc1ccc(O)c(CNC)c1.Cl. The molecule has 80 valence electrons. The highest BCUT2D eigenvalue weighted by Gasteiger charge is 2.01. The molecule has 0 aromatic heterocycles. The monoisotopic (exact) mass is 217 g/mol. The molecule has 0 heterocycles. The second-order valence-electron chi connectivity index (χ2n) is 2.75. The van der Waals surface area contributed by atoms with Gasteiger partial charge in [-0.05, 0) is 32.2 Å². The van der Waals surface area contributed by atoms with Crippen molar-refractivity contribution < 1.29 is 9.84 Å². The highest BCUT2D eigenvalue weighted by Crippen LogP contribution is 2.22. The fraction of sp³-hybridized carbons (Fsp3) is 0.400. The second-order valence-corrected chi connectivity index (χ2v) is 2.75. The molecule has 0 aliphatic rings. The number of ether oxygens (including phenoxy) is 1. The van der Waals surface area contributed by atoms with Crippen LogP contribution in [0.2, 0.25) is 0 Å². The first kappa shape index (κ1) is 13.1. The Morgan fingerprint density at radius 2 is 2.14 bits per heavy atom. The highest BCUT2D eigenvalue weighted by molar-refractivity contribution is 5.85. The first-order valence-corrected chi connectivity index (χ1v) is 4.37. The Balaban J connectivity index is 0.00000169.